The standard InChI is InChI=1S/C14H17NO/c1-9-10(2)15-14-7-12(5-6-13(9)14)16-8-11-3-4-11/h5-7,11,15H,3-4,8H2,1-2H3. The second-order valence-corrected chi connectivity index (χ2v) is 4.84. The maximum absolute atomic E-state index is 5.77. The third-order valence-corrected chi connectivity index (χ3v) is 3.46. The Morgan fingerprint density at radius 2 is 2.12 bits per heavy atom. The largest absolute Gasteiger partial charge is 0.493 e. The molecule has 0 bridgehead atoms. The van der Waals surface area contributed by atoms with Gasteiger partial charge in [0.25, 0.3) is 0 Å². The molecule has 1 aliphatic carbocycles. The van der Waals surface area contributed by atoms with Gasteiger partial charge in [-0.1, -0.05) is 0 Å². The molecule has 1 N–H and O–H groups in total. The second-order valence-electron chi connectivity index (χ2n) is 4.84. The molecule has 2 nitrogen and oxygen atoms in total. The summed E-state index contributed by atoms with van der Waals surface area (Å²) >= 11 is 0. The molecule has 2 heteroatoms. The van der Waals surface area contributed by atoms with Crippen LogP contribution in [0.15, 0.2) is 18.2 Å². The van der Waals surface area contributed by atoms with Gasteiger partial charge in [0, 0.05) is 22.7 Å². The fourth-order valence-corrected chi connectivity index (χ4v) is 2.04. The number of fused-ring (bicyclic) bond motifs is 1. The van der Waals surface area contributed by atoms with Crippen molar-refractivity contribution in [3.63, 3.8) is 0 Å². The highest BCUT2D eigenvalue weighted by atomic mass is 16.5. The van der Waals surface area contributed by atoms with E-state index >= 15 is 0 Å². The van der Waals surface area contributed by atoms with Crippen LogP contribution in [-0.2, 0) is 0 Å². The van der Waals surface area contributed by atoms with Crippen LogP contribution in [0.25, 0.3) is 10.9 Å². The number of ether oxygens (including phenoxy) is 1. The Morgan fingerprint density at radius 1 is 1.31 bits per heavy atom. The van der Waals surface area contributed by atoms with Gasteiger partial charge in [0.2, 0.25) is 0 Å². The molecule has 1 saturated carbocycles. The molecule has 0 atom stereocenters. The molecule has 0 amide bonds. The summed E-state index contributed by atoms with van der Waals surface area (Å²) in [7, 11) is 0. The molecule has 1 fully saturated rings. The van der Waals surface area contributed by atoms with Crippen molar-refractivity contribution in [2.24, 2.45) is 5.92 Å². The van der Waals surface area contributed by atoms with E-state index in [2.05, 4.69) is 37.0 Å². The van der Waals surface area contributed by atoms with Crippen molar-refractivity contribution < 1.29 is 4.74 Å². The number of hydrogen-bond donors (Lipinski definition) is 1. The van der Waals surface area contributed by atoms with Crippen LogP contribution in [0.4, 0.5) is 0 Å². The van der Waals surface area contributed by atoms with Crippen molar-refractivity contribution in [1.82, 2.24) is 4.98 Å². The lowest BCUT2D eigenvalue weighted by Gasteiger charge is -2.04. The van der Waals surface area contributed by atoms with Gasteiger partial charge in [-0.3, -0.25) is 0 Å². The van der Waals surface area contributed by atoms with Gasteiger partial charge >= 0.3 is 0 Å². The summed E-state index contributed by atoms with van der Waals surface area (Å²) in [6.07, 6.45) is 2.67. The zero-order valence-corrected chi connectivity index (χ0v) is 9.84. The third kappa shape index (κ3) is 1.69. The lowest BCUT2D eigenvalue weighted by atomic mass is 10.1. The number of aromatic amines is 1. The summed E-state index contributed by atoms with van der Waals surface area (Å²) in [6, 6.07) is 6.33. The van der Waals surface area contributed by atoms with Crippen molar-refractivity contribution in [3.8, 4) is 5.75 Å². The zero-order chi connectivity index (χ0) is 11.1. The topological polar surface area (TPSA) is 25.0 Å². The van der Waals surface area contributed by atoms with Gasteiger partial charge in [-0.15, -0.1) is 0 Å². The maximum Gasteiger partial charge on any atom is 0.121 e. The number of nitrogens with one attached hydrogen (secondary N) is 1. The fourth-order valence-electron chi connectivity index (χ4n) is 2.04. The fraction of sp³-hybridized carbons (Fsp3) is 0.429. The summed E-state index contributed by atoms with van der Waals surface area (Å²) < 4.78 is 5.77. The molecule has 16 heavy (non-hydrogen) atoms. The van der Waals surface area contributed by atoms with Gasteiger partial charge in [-0.05, 0) is 50.3 Å². The van der Waals surface area contributed by atoms with E-state index < -0.39 is 0 Å². The normalized spacial score (nSPS) is 15.6. The van der Waals surface area contributed by atoms with Crippen LogP contribution in [0.5, 0.6) is 5.75 Å². The number of aryl methyl sites for hydroxylation is 2. The minimum Gasteiger partial charge on any atom is -0.493 e. The first kappa shape index (κ1) is 9.76. The minimum atomic E-state index is 0.808. The molecule has 84 valence electrons. The van der Waals surface area contributed by atoms with Crippen molar-refractivity contribution in [3.05, 3.63) is 29.5 Å². The third-order valence-electron chi connectivity index (χ3n) is 3.46. The van der Waals surface area contributed by atoms with Crippen LogP contribution in [0.3, 0.4) is 0 Å². The van der Waals surface area contributed by atoms with E-state index in [1.807, 2.05) is 0 Å². The predicted molar refractivity (Wildman–Crippen MR) is 66.0 cm³/mol. The summed E-state index contributed by atoms with van der Waals surface area (Å²) in [4.78, 5) is 3.39. The SMILES string of the molecule is Cc1[nH]c2cc(OCC3CC3)ccc2c1C. The van der Waals surface area contributed by atoms with Gasteiger partial charge in [-0.2, -0.15) is 0 Å². The Hall–Kier alpha value is -1.44. The highest BCUT2D eigenvalue weighted by Crippen LogP contribution is 2.30. The number of H-pyrrole nitrogens is 1. The molecule has 2 aromatic rings. The van der Waals surface area contributed by atoms with Gasteiger partial charge in [0.05, 0.1) is 6.61 Å². The summed E-state index contributed by atoms with van der Waals surface area (Å²) in [5.74, 6) is 1.79. The Morgan fingerprint density at radius 3 is 2.88 bits per heavy atom. The van der Waals surface area contributed by atoms with E-state index in [0.29, 0.717) is 0 Å². The van der Waals surface area contributed by atoms with Crippen LogP contribution in [-0.4, -0.2) is 11.6 Å². The van der Waals surface area contributed by atoms with Crippen LogP contribution in [0.2, 0.25) is 0 Å². The van der Waals surface area contributed by atoms with Crippen LogP contribution >= 0.6 is 0 Å². The predicted octanol–water partition coefficient (Wildman–Crippen LogP) is 3.57. The van der Waals surface area contributed by atoms with Crippen LogP contribution in [0, 0.1) is 19.8 Å². The average Bonchev–Trinajstić information content (AvgIpc) is 3.05. The molecule has 0 spiro atoms. The smallest absolute Gasteiger partial charge is 0.121 e. The van der Waals surface area contributed by atoms with E-state index in [0.717, 1.165) is 18.3 Å². The molecular weight excluding hydrogens is 198 g/mol. The summed E-state index contributed by atoms with van der Waals surface area (Å²) in [5, 5.41) is 1.30. The highest BCUT2D eigenvalue weighted by molar-refractivity contribution is 5.85. The Balaban J connectivity index is 1.89. The summed E-state index contributed by atoms with van der Waals surface area (Å²) in [6.45, 7) is 5.14. The van der Waals surface area contributed by atoms with E-state index in [4.69, 9.17) is 4.74 Å². The number of aromatic nitrogens is 1. The molecule has 1 aliphatic rings. The number of hydrogen-bond acceptors (Lipinski definition) is 1. The first-order chi connectivity index (χ1) is 7.74. The Kier molecular flexibility index (Phi) is 2.16. The molecular formula is C14H17NO. The van der Waals surface area contributed by atoms with Gasteiger partial charge in [-0.25, -0.2) is 0 Å². The lowest BCUT2D eigenvalue weighted by Crippen LogP contribution is -1.98. The van der Waals surface area contributed by atoms with Crippen molar-refractivity contribution >= 4 is 10.9 Å². The molecule has 0 unspecified atom stereocenters. The van der Waals surface area contributed by atoms with E-state index in [9.17, 15) is 0 Å². The molecule has 1 aromatic carbocycles. The van der Waals surface area contributed by atoms with Crippen molar-refractivity contribution in [2.45, 2.75) is 26.7 Å². The molecule has 1 aromatic heterocycles. The quantitative estimate of drug-likeness (QED) is 0.831. The summed E-state index contributed by atoms with van der Waals surface area (Å²) in [5.41, 5.74) is 3.77. The van der Waals surface area contributed by atoms with Crippen molar-refractivity contribution in [1.29, 1.82) is 0 Å². The van der Waals surface area contributed by atoms with Gasteiger partial charge in [0.1, 0.15) is 5.75 Å². The molecule has 0 saturated heterocycles. The lowest BCUT2D eigenvalue weighted by molar-refractivity contribution is 0.300. The second kappa shape index (κ2) is 3.55. The highest BCUT2D eigenvalue weighted by Gasteiger charge is 2.21. The van der Waals surface area contributed by atoms with E-state index in [1.54, 1.807) is 0 Å². The van der Waals surface area contributed by atoms with Gasteiger partial charge < -0.3 is 9.72 Å². The minimum absolute atomic E-state index is 0.808. The van der Waals surface area contributed by atoms with Crippen LogP contribution in [0.1, 0.15) is 24.1 Å². The average molecular weight is 215 g/mol. The Labute approximate surface area is 95.6 Å². The first-order valence-corrected chi connectivity index (χ1v) is 5.96. The molecule has 0 radical (unpaired) electrons. The van der Waals surface area contributed by atoms with E-state index in [1.165, 1.54) is 35.0 Å². The monoisotopic (exact) mass is 215 g/mol. The molecule has 0 aliphatic heterocycles. The van der Waals surface area contributed by atoms with Crippen LogP contribution < -0.4 is 4.74 Å². The Bertz CT molecular complexity index is 523. The van der Waals surface area contributed by atoms with Crippen molar-refractivity contribution in [2.75, 3.05) is 6.61 Å². The number of benzene rings is 1. The number of rotatable bonds is 3. The maximum atomic E-state index is 5.77. The van der Waals surface area contributed by atoms with E-state index in [-0.39, 0.29) is 0 Å². The zero-order valence-electron chi connectivity index (χ0n) is 9.84. The molecule has 1 heterocycles. The first-order valence-electron chi connectivity index (χ1n) is 5.96. The molecule has 3 rings (SSSR count). The van der Waals surface area contributed by atoms with Gasteiger partial charge in [0.15, 0.2) is 0 Å².